The van der Waals surface area contributed by atoms with Gasteiger partial charge in [0.1, 0.15) is 11.6 Å². The normalized spacial score (nSPS) is 10.2. The smallest absolute Gasteiger partial charge is 0.149 e. The molecule has 0 bridgehead atoms. The average molecular weight is 264 g/mol. The van der Waals surface area contributed by atoms with E-state index in [1.807, 2.05) is 25.1 Å². The van der Waals surface area contributed by atoms with Gasteiger partial charge in [0, 0.05) is 0 Å². The van der Waals surface area contributed by atoms with Crippen LogP contribution in [-0.2, 0) is 0 Å². The lowest BCUT2D eigenvalue weighted by atomic mass is 10.2. The van der Waals surface area contributed by atoms with Gasteiger partial charge in [-0.05, 0) is 30.7 Å². The Kier molecular flexibility index (Phi) is 3.58. The summed E-state index contributed by atoms with van der Waals surface area (Å²) in [6.45, 7) is 2.00. The highest BCUT2D eigenvalue weighted by molar-refractivity contribution is 6.33. The van der Waals surface area contributed by atoms with Gasteiger partial charge in [-0.15, -0.1) is 0 Å². The van der Waals surface area contributed by atoms with E-state index < -0.39 is 0 Å². The summed E-state index contributed by atoms with van der Waals surface area (Å²) in [6, 6.07) is 7.48. The molecule has 3 N–H and O–H groups in total. The van der Waals surface area contributed by atoms with Crippen LogP contribution in [0.4, 0.5) is 17.2 Å². The topological polar surface area (TPSA) is 60.2 Å². The molecular formula is C13H14ClN3O. The molecule has 0 saturated carbocycles. The molecule has 0 fully saturated rings. The molecule has 5 heteroatoms. The summed E-state index contributed by atoms with van der Waals surface area (Å²) >= 11 is 6.07. The maximum atomic E-state index is 6.07. The van der Waals surface area contributed by atoms with Crippen molar-refractivity contribution in [3.8, 4) is 5.75 Å². The first-order valence-electron chi connectivity index (χ1n) is 5.43. The Morgan fingerprint density at radius 1 is 1.33 bits per heavy atom. The number of aryl methyl sites for hydroxylation is 1. The fraction of sp³-hybridized carbons (Fsp3) is 0.154. The summed E-state index contributed by atoms with van der Waals surface area (Å²) in [6.07, 6.45) is 1.55. The summed E-state index contributed by atoms with van der Waals surface area (Å²) in [5.41, 5.74) is 8.06. The summed E-state index contributed by atoms with van der Waals surface area (Å²) in [7, 11) is 1.62. The minimum Gasteiger partial charge on any atom is -0.495 e. The molecule has 1 heterocycles. The van der Waals surface area contributed by atoms with Crippen molar-refractivity contribution in [3.05, 3.63) is 41.0 Å². The Morgan fingerprint density at radius 3 is 2.78 bits per heavy atom. The van der Waals surface area contributed by atoms with E-state index >= 15 is 0 Å². The SMILES string of the molecule is COc1ccc(C)cc1Nc1ncc(N)cc1Cl. The third-order valence-corrected chi connectivity index (χ3v) is 2.76. The van der Waals surface area contributed by atoms with Gasteiger partial charge in [-0.2, -0.15) is 0 Å². The summed E-state index contributed by atoms with van der Waals surface area (Å²) in [5, 5.41) is 3.61. The van der Waals surface area contributed by atoms with E-state index in [-0.39, 0.29) is 0 Å². The molecule has 2 aromatic rings. The number of benzene rings is 1. The molecule has 0 spiro atoms. The molecule has 0 saturated heterocycles. The highest BCUT2D eigenvalue weighted by Gasteiger charge is 2.07. The molecule has 18 heavy (non-hydrogen) atoms. The van der Waals surface area contributed by atoms with E-state index in [1.54, 1.807) is 19.4 Å². The second kappa shape index (κ2) is 5.14. The third kappa shape index (κ3) is 2.65. The van der Waals surface area contributed by atoms with Crippen molar-refractivity contribution >= 4 is 28.8 Å². The number of nitrogen functional groups attached to an aromatic ring is 1. The molecule has 4 nitrogen and oxygen atoms in total. The van der Waals surface area contributed by atoms with Gasteiger partial charge < -0.3 is 15.8 Å². The third-order valence-electron chi connectivity index (χ3n) is 2.47. The minimum atomic E-state index is 0.471. The molecule has 0 aliphatic heterocycles. The van der Waals surface area contributed by atoms with Crippen LogP contribution in [0.3, 0.4) is 0 Å². The molecule has 1 aromatic heterocycles. The summed E-state index contributed by atoms with van der Waals surface area (Å²) < 4.78 is 5.28. The largest absolute Gasteiger partial charge is 0.495 e. The quantitative estimate of drug-likeness (QED) is 0.891. The summed E-state index contributed by atoms with van der Waals surface area (Å²) in [4.78, 5) is 4.15. The monoisotopic (exact) mass is 263 g/mol. The first kappa shape index (κ1) is 12.5. The van der Waals surface area contributed by atoms with Crippen molar-refractivity contribution in [1.29, 1.82) is 0 Å². The number of hydrogen-bond acceptors (Lipinski definition) is 4. The number of rotatable bonds is 3. The van der Waals surface area contributed by atoms with Gasteiger partial charge in [-0.1, -0.05) is 17.7 Å². The zero-order valence-electron chi connectivity index (χ0n) is 10.2. The van der Waals surface area contributed by atoms with Crippen LogP contribution in [0.15, 0.2) is 30.5 Å². The van der Waals surface area contributed by atoms with E-state index in [0.717, 1.165) is 17.0 Å². The molecule has 0 amide bonds. The molecular weight excluding hydrogens is 250 g/mol. The van der Waals surface area contributed by atoms with Gasteiger partial charge in [0.2, 0.25) is 0 Å². The molecule has 0 unspecified atom stereocenters. The lowest BCUT2D eigenvalue weighted by Gasteiger charge is -2.12. The van der Waals surface area contributed by atoms with Crippen LogP contribution in [0.2, 0.25) is 5.02 Å². The predicted octanol–water partition coefficient (Wildman–Crippen LogP) is 3.38. The van der Waals surface area contributed by atoms with Crippen molar-refractivity contribution in [2.75, 3.05) is 18.2 Å². The molecule has 94 valence electrons. The van der Waals surface area contributed by atoms with E-state index in [2.05, 4.69) is 10.3 Å². The van der Waals surface area contributed by atoms with Crippen LogP contribution in [0.25, 0.3) is 0 Å². The second-order valence-electron chi connectivity index (χ2n) is 3.93. The van der Waals surface area contributed by atoms with E-state index in [1.165, 1.54) is 0 Å². The summed E-state index contributed by atoms with van der Waals surface area (Å²) in [5.74, 6) is 1.28. The van der Waals surface area contributed by atoms with Crippen LogP contribution in [0, 0.1) is 6.92 Å². The zero-order valence-corrected chi connectivity index (χ0v) is 11.0. The minimum absolute atomic E-state index is 0.471. The second-order valence-corrected chi connectivity index (χ2v) is 4.34. The van der Waals surface area contributed by atoms with Gasteiger partial charge in [-0.3, -0.25) is 0 Å². The molecule has 0 aliphatic rings. The van der Waals surface area contributed by atoms with E-state index in [4.69, 9.17) is 22.1 Å². The zero-order chi connectivity index (χ0) is 13.1. The molecule has 0 atom stereocenters. The van der Waals surface area contributed by atoms with Crippen molar-refractivity contribution in [3.63, 3.8) is 0 Å². The van der Waals surface area contributed by atoms with Crippen molar-refractivity contribution < 1.29 is 4.74 Å². The molecule has 0 radical (unpaired) electrons. The van der Waals surface area contributed by atoms with Crippen LogP contribution < -0.4 is 15.8 Å². The highest BCUT2D eigenvalue weighted by atomic mass is 35.5. The van der Waals surface area contributed by atoms with Crippen molar-refractivity contribution in [1.82, 2.24) is 4.98 Å². The predicted molar refractivity (Wildman–Crippen MR) is 74.7 cm³/mol. The lowest BCUT2D eigenvalue weighted by Crippen LogP contribution is -1.99. The van der Waals surface area contributed by atoms with Crippen molar-refractivity contribution in [2.24, 2.45) is 0 Å². The van der Waals surface area contributed by atoms with Crippen LogP contribution in [0.1, 0.15) is 5.56 Å². The number of anilines is 3. The van der Waals surface area contributed by atoms with Gasteiger partial charge in [0.15, 0.2) is 0 Å². The standard InChI is InChI=1S/C13H14ClN3O/c1-8-3-4-12(18-2)11(5-8)17-13-10(14)6-9(15)7-16-13/h3-7H,15H2,1-2H3,(H,16,17). The number of nitrogens with one attached hydrogen (secondary N) is 1. The number of ether oxygens (including phenoxy) is 1. The van der Waals surface area contributed by atoms with Crippen LogP contribution in [-0.4, -0.2) is 12.1 Å². The highest BCUT2D eigenvalue weighted by Crippen LogP contribution is 2.31. The number of pyridine rings is 1. The molecule has 2 rings (SSSR count). The van der Waals surface area contributed by atoms with Gasteiger partial charge in [0.25, 0.3) is 0 Å². The fourth-order valence-corrected chi connectivity index (χ4v) is 1.81. The fourth-order valence-electron chi connectivity index (χ4n) is 1.59. The Hall–Kier alpha value is -1.94. The number of aromatic nitrogens is 1. The Morgan fingerprint density at radius 2 is 2.11 bits per heavy atom. The molecule has 0 aliphatic carbocycles. The first-order valence-corrected chi connectivity index (χ1v) is 5.80. The van der Waals surface area contributed by atoms with Gasteiger partial charge in [-0.25, -0.2) is 4.98 Å². The number of halogens is 1. The Bertz CT molecular complexity index is 572. The van der Waals surface area contributed by atoms with Crippen LogP contribution >= 0.6 is 11.6 Å². The average Bonchev–Trinajstić information content (AvgIpc) is 2.33. The van der Waals surface area contributed by atoms with E-state index in [9.17, 15) is 0 Å². The Balaban J connectivity index is 2.36. The van der Waals surface area contributed by atoms with Crippen molar-refractivity contribution in [2.45, 2.75) is 6.92 Å². The molecule has 1 aromatic carbocycles. The number of methoxy groups -OCH3 is 1. The van der Waals surface area contributed by atoms with E-state index in [0.29, 0.717) is 16.5 Å². The number of nitrogens with two attached hydrogens (primary N) is 1. The first-order chi connectivity index (χ1) is 8.60. The number of hydrogen-bond donors (Lipinski definition) is 2. The van der Waals surface area contributed by atoms with Crippen LogP contribution in [0.5, 0.6) is 5.75 Å². The Labute approximate surface area is 111 Å². The maximum Gasteiger partial charge on any atom is 0.149 e. The lowest BCUT2D eigenvalue weighted by molar-refractivity contribution is 0.416. The maximum absolute atomic E-state index is 6.07. The van der Waals surface area contributed by atoms with Gasteiger partial charge in [0.05, 0.1) is 29.7 Å². The van der Waals surface area contributed by atoms with Gasteiger partial charge >= 0.3 is 0 Å². The number of nitrogens with zero attached hydrogens (tertiary/aromatic N) is 1.